The first-order valence-corrected chi connectivity index (χ1v) is 9.33. The summed E-state index contributed by atoms with van der Waals surface area (Å²) >= 11 is 1.24. The maximum Gasteiger partial charge on any atom is 0.234 e. The van der Waals surface area contributed by atoms with E-state index in [0.717, 1.165) is 16.8 Å². The molecule has 3 aromatic rings. The highest BCUT2D eigenvalue weighted by Gasteiger charge is 2.15. The van der Waals surface area contributed by atoms with Crippen LogP contribution >= 0.6 is 11.8 Å². The summed E-state index contributed by atoms with van der Waals surface area (Å²) in [5.41, 5.74) is 3.99. The molecule has 0 saturated heterocycles. The van der Waals surface area contributed by atoms with Gasteiger partial charge in [0.15, 0.2) is 5.78 Å². The van der Waals surface area contributed by atoms with Crippen molar-refractivity contribution in [2.45, 2.75) is 25.9 Å². The van der Waals surface area contributed by atoms with E-state index in [9.17, 15) is 9.59 Å². The number of nitrogens with zero attached hydrogens (tertiary/aromatic N) is 4. The zero-order chi connectivity index (χ0) is 19.4. The van der Waals surface area contributed by atoms with Crippen LogP contribution in [0.4, 0.5) is 5.69 Å². The average Bonchev–Trinajstić information content (AvgIpc) is 3.08. The van der Waals surface area contributed by atoms with Crippen molar-refractivity contribution in [1.82, 2.24) is 20.2 Å². The van der Waals surface area contributed by atoms with Crippen molar-refractivity contribution in [3.8, 4) is 5.69 Å². The summed E-state index contributed by atoms with van der Waals surface area (Å²) in [5.74, 6) is -0.209. The summed E-state index contributed by atoms with van der Waals surface area (Å²) in [4.78, 5) is 24.0. The number of ketones is 1. The van der Waals surface area contributed by atoms with Gasteiger partial charge in [0.25, 0.3) is 0 Å². The number of rotatable bonds is 6. The predicted octanol–water partition coefficient (Wildman–Crippen LogP) is 3.21. The van der Waals surface area contributed by atoms with E-state index in [1.165, 1.54) is 18.7 Å². The van der Waals surface area contributed by atoms with E-state index in [2.05, 4.69) is 20.8 Å². The zero-order valence-corrected chi connectivity index (χ0v) is 16.1. The van der Waals surface area contributed by atoms with Crippen LogP contribution in [0.3, 0.4) is 0 Å². The number of carbonyl (C=O) groups excluding carboxylic acids is 2. The molecule has 0 bridgehead atoms. The molecule has 0 unspecified atom stereocenters. The van der Waals surface area contributed by atoms with E-state index in [4.69, 9.17) is 0 Å². The van der Waals surface area contributed by atoms with Crippen LogP contribution in [-0.4, -0.2) is 37.7 Å². The molecule has 0 fully saturated rings. The number of thioether (sulfide) groups is 1. The summed E-state index contributed by atoms with van der Waals surface area (Å²) in [6, 6.07) is 12.9. The molecule has 27 heavy (non-hydrogen) atoms. The van der Waals surface area contributed by atoms with E-state index >= 15 is 0 Å². The molecule has 3 rings (SSSR count). The normalized spacial score (nSPS) is 10.6. The number of hydrogen-bond donors (Lipinski definition) is 1. The average molecular weight is 381 g/mol. The number of para-hydroxylation sites is 2. The van der Waals surface area contributed by atoms with Gasteiger partial charge in [-0.2, -0.15) is 4.68 Å². The summed E-state index contributed by atoms with van der Waals surface area (Å²) in [5, 5.41) is 15.1. The fourth-order valence-electron chi connectivity index (χ4n) is 2.76. The Morgan fingerprint density at radius 3 is 2.48 bits per heavy atom. The Hall–Kier alpha value is -3.00. The van der Waals surface area contributed by atoms with E-state index in [1.807, 2.05) is 32.0 Å². The predicted molar refractivity (Wildman–Crippen MR) is 104 cm³/mol. The third-order valence-electron chi connectivity index (χ3n) is 4.01. The van der Waals surface area contributed by atoms with E-state index < -0.39 is 0 Å². The number of anilines is 1. The molecule has 0 aliphatic rings. The van der Waals surface area contributed by atoms with Crippen LogP contribution in [0.5, 0.6) is 0 Å². The summed E-state index contributed by atoms with van der Waals surface area (Å²) in [7, 11) is 0. The van der Waals surface area contributed by atoms with Crippen LogP contribution in [0, 0.1) is 13.8 Å². The molecule has 0 radical (unpaired) electrons. The molecule has 0 spiro atoms. The molecule has 0 saturated carbocycles. The molecule has 2 aromatic carbocycles. The van der Waals surface area contributed by atoms with Crippen molar-refractivity contribution < 1.29 is 9.59 Å². The minimum atomic E-state index is -0.232. The van der Waals surface area contributed by atoms with Gasteiger partial charge in [-0.05, 0) is 54.5 Å². The highest BCUT2D eigenvalue weighted by Crippen LogP contribution is 2.24. The largest absolute Gasteiger partial charge is 0.325 e. The number of carbonyl (C=O) groups is 2. The van der Waals surface area contributed by atoms with Crippen molar-refractivity contribution in [1.29, 1.82) is 0 Å². The SMILES string of the molecule is CC(=O)c1ccccc1NC(=O)CSc1nnnn1-c1c(C)cccc1C. The van der Waals surface area contributed by atoms with Gasteiger partial charge in [0.2, 0.25) is 11.1 Å². The minimum absolute atomic E-state index is 0.0995. The number of tetrazole rings is 1. The summed E-state index contributed by atoms with van der Waals surface area (Å²) < 4.78 is 1.64. The Morgan fingerprint density at radius 1 is 1.07 bits per heavy atom. The third kappa shape index (κ3) is 4.22. The first-order chi connectivity index (χ1) is 13.0. The van der Waals surface area contributed by atoms with Gasteiger partial charge < -0.3 is 5.32 Å². The molecule has 7 nitrogen and oxygen atoms in total. The third-order valence-corrected chi connectivity index (χ3v) is 4.92. The second-order valence-corrected chi connectivity index (χ2v) is 6.99. The molecule has 8 heteroatoms. The van der Waals surface area contributed by atoms with Crippen molar-refractivity contribution >= 4 is 29.1 Å². The number of amides is 1. The molecule has 0 aliphatic heterocycles. The Morgan fingerprint density at radius 2 is 1.78 bits per heavy atom. The lowest BCUT2D eigenvalue weighted by molar-refractivity contribution is -0.113. The number of hydrogen-bond acceptors (Lipinski definition) is 6. The molecule has 1 heterocycles. The molecule has 1 N–H and O–H groups in total. The Kier molecular flexibility index (Phi) is 5.66. The topological polar surface area (TPSA) is 89.8 Å². The molecular weight excluding hydrogens is 362 g/mol. The summed E-state index contributed by atoms with van der Waals surface area (Å²) in [6.45, 7) is 5.45. The summed E-state index contributed by atoms with van der Waals surface area (Å²) in [6.07, 6.45) is 0. The monoisotopic (exact) mass is 381 g/mol. The Labute approximate surface area is 161 Å². The second-order valence-electron chi connectivity index (χ2n) is 6.05. The van der Waals surface area contributed by atoms with Gasteiger partial charge in [-0.3, -0.25) is 9.59 Å². The van der Waals surface area contributed by atoms with Gasteiger partial charge in [0, 0.05) is 5.56 Å². The number of nitrogens with one attached hydrogen (secondary N) is 1. The van der Waals surface area contributed by atoms with Crippen LogP contribution < -0.4 is 5.32 Å². The highest BCUT2D eigenvalue weighted by atomic mass is 32.2. The van der Waals surface area contributed by atoms with Crippen LogP contribution in [0.1, 0.15) is 28.4 Å². The maximum atomic E-state index is 12.3. The van der Waals surface area contributed by atoms with Crippen LogP contribution in [0.15, 0.2) is 47.6 Å². The van der Waals surface area contributed by atoms with Crippen LogP contribution in [0.2, 0.25) is 0 Å². The number of Topliss-reactive ketones (excluding diaryl/α,β-unsaturated/α-hetero) is 1. The molecular formula is C19H19N5O2S. The van der Waals surface area contributed by atoms with Crippen LogP contribution in [0.25, 0.3) is 5.69 Å². The lowest BCUT2D eigenvalue weighted by atomic mass is 10.1. The first kappa shape index (κ1) is 18.8. The van der Waals surface area contributed by atoms with Gasteiger partial charge >= 0.3 is 0 Å². The van der Waals surface area contributed by atoms with Gasteiger partial charge in [-0.25, -0.2) is 0 Å². The zero-order valence-electron chi connectivity index (χ0n) is 15.3. The first-order valence-electron chi connectivity index (χ1n) is 8.35. The smallest absolute Gasteiger partial charge is 0.234 e. The number of benzene rings is 2. The lowest BCUT2D eigenvalue weighted by Gasteiger charge is -2.11. The molecule has 0 atom stereocenters. The molecule has 1 aromatic heterocycles. The van der Waals surface area contributed by atoms with Gasteiger partial charge in [0.05, 0.1) is 17.1 Å². The fraction of sp³-hybridized carbons (Fsp3) is 0.211. The lowest BCUT2D eigenvalue weighted by Crippen LogP contribution is -2.16. The second kappa shape index (κ2) is 8.13. The Balaban J connectivity index is 1.73. The van der Waals surface area contributed by atoms with Crippen molar-refractivity contribution in [3.63, 3.8) is 0 Å². The van der Waals surface area contributed by atoms with Gasteiger partial charge in [0.1, 0.15) is 0 Å². The standard InChI is InChI=1S/C19H19N5O2S/c1-12-7-6-8-13(2)18(12)24-19(21-22-23-24)27-11-17(26)20-16-10-5-4-9-15(16)14(3)25/h4-10H,11H2,1-3H3,(H,20,26). The molecule has 0 aliphatic carbocycles. The molecule has 1 amide bonds. The van der Waals surface area contributed by atoms with Gasteiger partial charge in [-0.15, -0.1) is 5.10 Å². The van der Waals surface area contributed by atoms with Crippen molar-refractivity contribution in [3.05, 3.63) is 59.2 Å². The number of aromatic nitrogens is 4. The molecule has 138 valence electrons. The number of aryl methyl sites for hydroxylation is 2. The fourth-order valence-corrected chi connectivity index (χ4v) is 3.44. The Bertz CT molecular complexity index is 979. The van der Waals surface area contributed by atoms with E-state index in [-0.39, 0.29) is 17.4 Å². The minimum Gasteiger partial charge on any atom is -0.325 e. The van der Waals surface area contributed by atoms with E-state index in [1.54, 1.807) is 28.9 Å². The maximum absolute atomic E-state index is 12.3. The van der Waals surface area contributed by atoms with Gasteiger partial charge in [-0.1, -0.05) is 42.1 Å². The highest BCUT2D eigenvalue weighted by molar-refractivity contribution is 7.99. The quantitative estimate of drug-likeness (QED) is 0.521. The van der Waals surface area contributed by atoms with Crippen molar-refractivity contribution in [2.24, 2.45) is 0 Å². The van der Waals surface area contributed by atoms with E-state index in [0.29, 0.717) is 16.4 Å². The van der Waals surface area contributed by atoms with Crippen LogP contribution in [-0.2, 0) is 4.79 Å². The van der Waals surface area contributed by atoms with Crippen molar-refractivity contribution in [2.75, 3.05) is 11.1 Å².